The monoisotopic (exact) mass is 204 g/mol. The van der Waals surface area contributed by atoms with Gasteiger partial charge >= 0.3 is 0 Å². The van der Waals surface area contributed by atoms with Gasteiger partial charge in [0.15, 0.2) is 0 Å². The van der Waals surface area contributed by atoms with E-state index in [9.17, 15) is 9.90 Å². The molecule has 15 heavy (non-hydrogen) atoms. The van der Waals surface area contributed by atoms with Crippen molar-refractivity contribution in [3.05, 3.63) is 34.7 Å². The number of rotatable bonds is 1. The van der Waals surface area contributed by atoms with Crippen LogP contribution in [-0.4, -0.2) is 14.9 Å². The standard InChI is InChI=1S/C11H12N2O2/c1-7(2)13-11(15)8-4-3-5-10(14)9(8)6-12-13/h3-7,14H,1-2H3. The van der Waals surface area contributed by atoms with E-state index in [1.807, 2.05) is 13.8 Å². The van der Waals surface area contributed by atoms with Gasteiger partial charge in [0.2, 0.25) is 0 Å². The zero-order valence-electron chi connectivity index (χ0n) is 8.64. The second kappa shape index (κ2) is 3.38. The van der Waals surface area contributed by atoms with E-state index in [0.717, 1.165) is 0 Å². The lowest BCUT2D eigenvalue weighted by atomic mass is 10.2. The average Bonchev–Trinajstić information content (AvgIpc) is 2.19. The quantitative estimate of drug-likeness (QED) is 0.768. The summed E-state index contributed by atoms with van der Waals surface area (Å²) in [6.07, 6.45) is 1.52. The smallest absolute Gasteiger partial charge is 0.275 e. The Morgan fingerprint density at radius 3 is 2.73 bits per heavy atom. The number of benzene rings is 1. The van der Waals surface area contributed by atoms with Crippen molar-refractivity contribution in [3.8, 4) is 5.75 Å². The van der Waals surface area contributed by atoms with E-state index in [4.69, 9.17) is 0 Å². The zero-order valence-corrected chi connectivity index (χ0v) is 8.64. The molecule has 78 valence electrons. The number of fused-ring (bicyclic) bond motifs is 1. The van der Waals surface area contributed by atoms with Crippen LogP contribution in [0, 0.1) is 0 Å². The lowest BCUT2D eigenvalue weighted by Crippen LogP contribution is -2.24. The molecule has 2 rings (SSSR count). The van der Waals surface area contributed by atoms with Crippen molar-refractivity contribution in [2.45, 2.75) is 19.9 Å². The molecule has 0 bridgehead atoms. The summed E-state index contributed by atoms with van der Waals surface area (Å²) >= 11 is 0. The van der Waals surface area contributed by atoms with Crippen LogP contribution >= 0.6 is 0 Å². The fourth-order valence-corrected chi connectivity index (χ4v) is 1.54. The molecule has 1 aromatic carbocycles. The summed E-state index contributed by atoms with van der Waals surface area (Å²) in [5.41, 5.74) is -0.168. The molecule has 1 heterocycles. The van der Waals surface area contributed by atoms with Crippen molar-refractivity contribution in [2.24, 2.45) is 0 Å². The normalized spacial score (nSPS) is 11.1. The summed E-state index contributed by atoms with van der Waals surface area (Å²) < 4.78 is 1.40. The first-order chi connectivity index (χ1) is 7.11. The van der Waals surface area contributed by atoms with Gasteiger partial charge in [-0.1, -0.05) is 6.07 Å². The highest BCUT2D eigenvalue weighted by atomic mass is 16.3. The van der Waals surface area contributed by atoms with Crippen molar-refractivity contribution in [1.29, 1.82) is 0 Å². The summed E-state index contributed by atoms with van der Waals surface area (Å²) in [6.45, 7) is 3.78. The van der Waals surface area contributed by atoms with Gasteiger partial charge in [-0.05, 0) is 26.0 Å². The van der Waals surface area contributed by atoms with Crippen LogP contribution in [0.25, 0.3) is 10.8 Å². The van der Waals surface area contributed by atoms with Crippen LogP contribution < -0.4 is 5.56 Å². The molecule has 0 radical (unpaired) electrons. The highest BCUT2D eigenvalue weighted by molar-refractivity contribution is 5.86. The lowest BCUT2D eigenvalue weighted by Gasteiger charge is -2.09. The SMILES string of the molecule is CC(C)n1ncc2c(O)cccc2c1=O. The topological polar surface area (TPSA) is 55.1 Å². The predicted molar refractivity (Wildman–Crippen MR) is 58.1 cm³/mol. The van der Waals surface area contributed by atoms with Crippen LogP contribution in [0.15, 0.2) is 29.2 Å². The molecule has 4 nitrogen and oxygen atoms in total. The van der Waals surface area contributed by atoms with Crippen LogP contribution in [0.5, 0.6) is 5.75 Å². The van der Waals surface area contributed by atoms with Gasteiger partial charge in [-0.25, -0.2) is 4.68 Å². The molecule has 0 aliphatic rings. The maximum atomic E-state index is 11.9. The van der Waals surface area contributed by atoms with Crippen LogP contribution in [-0.2, 0) is 0 Å². The summed E-state index contributed by atoms with van der Waals surface area (Å²) in [6, 6.07) is 4.91. The molecule has 4 heteroatoms. The van der Waals surface area contributed by atoms with Crippen LogP contribution in [0.2, 0.25) is 0 Å². The Balaban J connectivity index is 2.86. The molecular formula is C11H12N2O2. The third kappa shape index (κ3) is 1.48. The van der Waals surface area contributed by atoms with Crippen molar-refractivity contribution in [1.82, 2.24) is 9.78 Å². The number of nitrogens with zero attached hydrogens (tertiary/aromatic N) is 2. The first-order valence-corrected chi connectivity index (χ1v) is 4.81. The zero-order chi connectivity index (χ0) is 11.0. The third-order valence-corrected chi connectivity index (χ3v) is 2.32. The van der Waals surface area contributed by atoms with Gasteiger partial charge in [0, 0.05) is 5.39 Å². The molecule has 0 spiro atoms. The molecule has 1 aromatic heterocycles. The summed E-state index contributed by atoms with van der Waals surface area (Å²) in [5.74, 6) is 0.0907. The Labute approximate surface area is 86.8 Å². The van der Waals surface area contributed by atoms with E-state index in [0.29, 0.717) is 10.8 Å². The van der Waals surface area contributed by atoms with E-state index < -0.39 is 0 Å². The van der Waals surface area contributed by atoms with Gasteiger partial charge in [0.05, 0.1) is 17.6 Å². The molecule has 0 saturated heterocycles. The molecule has 0 amide bonds. The molecule has 0 saturated carbocycles. The van der Waals surface area contributed by atoms with E-state index in [1.165, 1.54) is 10.9 Å². The Morgan fingerprint density at radius 1 is 1.33 bits per heavy atom. The largest absolute Gasteiger partial charge is 0.507 e. The fourth-order valence-electron chi connectivity index (χ4n) is 1.54. The number of hydrogen-bond acceptors (Lipinski definition) is 3. The minimum absolute atomic E-state index is 0.0178. The molecule has 0 unspecified atom stereocenters. The Morgan fingerprint density at radius 2 is 2.07 bits per heavy atom. The van der Waals surface area contributed by atoms with E-state index in [1.54, 1.807) is 18.2 Å². The van der Waals surface area contributed by atoms with Gasteiger partial charge in [-0.3, -0.25) is 4.79 Å². The van der Waals surface area contributed by atoms with Crippen molar-refractivity contribution < 1.29 is 5.11 Å². The molecule has 0 aliphatic heterocycles. The van der Waals surface area contributed by atoms with E-state index in [-0.39, 0.29) is 17.4 Å². The molecule has 0 atom stereocenters. The van der Waals surface area contributed by atoms with Gasteiger partial charge in [0.1, 0.15) is 5.75 Å². The second-order valence-electron chi connectivity index (χ2n) is 3.73. The molecule has 1 N–H and O–H groups in total. The number of aromatic hydroxyl groups is 1. The van der Waals surface area contributed by atoms with Crippen LogP contribution in [0.3, 0.4) is 0 Å². The Hall–Kier alpha value is -1.84. The minimum Gasteiger partial charge on any atom is -0.507 e. The number of phenols is 1. The Kier molecular flexibility index (Phi) is 2.19. The van der Waals surface area contributed by atoms with Gasteiger partial charge in [0.25, 0.3) is 5.56 Å². The molecule has 0 fully saturated rings. The lowest BCUT2D eigenvalue weighted by molar-refractivity contribution is 0.478. The van der Waals surface area contributed by atoms with Crippen molar-refractivity contribution >= 4 is 10.8 Å². The second-order valence-corrected chi connectivity index (χ2v) is 3.73. The fraction of sp³-hybridized carbons (Fsp3) is 0.273. The van der Waals surface area contributed by atoms with Crippen molar-refractivity contribution in [3.63, 3.8) is 0 Å². The maximum Gasteiger partial charge on any atom is 0.275 e. The first kappa shape index (κ1) is 9.71. The van der Waals surface area contributed by atoms with E-state index in [2.05, 4.69) is 5.10 Å². The maximum absolute atomic E-state index is 11.9. The van der Waals surface area contributed by atoms with Crippen LogP contribution in [0.4, 0.5) is 0 Å². The molecule has 2 aromatic rings. The Bertz CT molecular complexity index is 558. The van der Waals surface area contributed by atoms with Gasteiger partial charge in [-0.15, -0.1) is 0 Å². The number of phenolic OH excluding ortho intramolecular Hbond substituents is 1. The van der Waals surface area contributed by atoms with E-state index >= 15 is 0 Å². The van der Waals surface area contributed by atoms with Gasteiger partial charge < -0.3 is 5.11 Å². The summed E-state index contributed by atoms with van der Waals surface area (Å²) in [7, 11) is 0. The van der Waals surface area contributed by atoms with Crippen LogP contribution in [0.1, 0.15) is 19.9 Å². The average molecular weight is 204 g/mol. The summed E-state index contributed by atoms with van der Waals surface area (Å²) in [5, 5.41) is 14.5. The first-order valence-electron chi connectivity index (χ1n) is 4.81. The molecular weight excluding hydrogens is 192 g/mol. The summed E-state index contributed by atoms with van der Waals surface area (Å²) in [4.78, 5) is 11.9. The molecule has 0 aliphatic carbocycles. The highest BCUT2D eigenvalue weighted by Crippen LogP contribution is 2.20. The minimum atomic E-state index is -0.168. The predicted octanol–water partition coefficient (Wildman–Crippen LogP) is 1.68. The highest BCUT2D eigenvalue weighted by Gasteiger charge is 2.08. The van der Waals surface area contributed by atoms with Crippen molar-refractivity contribution in [2.75, 3.05) is 0 Å². The number of hydrogen-bond donors (Lipinski definition) is 1. The third-order valence-electron chi connectivity index (χ3n) is 2.32. The number of aromatic nitrogens is 2. The van der Waals surface area contributed by atoms with Gasteiger partial charge in [-0.2, -0.15) is 5.10 Å².